The van der Waals surface area contributed by atoms with Crippen LogP contribution in [0.25, 0.3) is 10.9 Å². The van der Waals surface area contributed by atoms with Gasteiger partial charge in [0, 0.05) is 55.8 Å². The summed E-state index contributed by atoms with van der Waals surface area (Å²) in [5, 5.41) is 6.12. The average molecular weight is 721 g/mol. The Bertz CT molecular complexity index is 1720. The number of H-pyrrole nitrogens is 1. The van der Waals surface area contributed by atoms with Gasteiger partial charge in [-0.2, -0.15) is 11.8 Å². The van der Waals surface area contributed by atoms with Gasteiger partial charge in [0.15, 0.2) is 0 Å². The summed E-state index contributed by atoms with van der Waals surface area (Å²) in [5.41, 5.74) is 2.14. The molecule has 0 saturated carbocycles. The fraction of sp³-hybridized carbons (Fsp3) is 0.579. The number of carbonyl (C=O) groups excluding carboxylic acids is 2. The number of aromatic amines is 1. The molecule has 51 heavy (non-hydrogen) atoms. The SMILES string of the molecule is O=C1CCC(Nc2ccc(C3CCN(CCN4CCC(COc5cc(F)c6c(=O)[nH]c(CSC7CCOCC7)nc6c5)CC4)CC3)cc2)C(=O)N1. The number of fused-ring (bicyclic) bond motifs is 1. The highest BCUT2D eigenvalue weighted by Gasteiger charge is 2.27. The van der Waals surface area contributed by atoms with E-state index in [2.05, 4.69) is 42.5 Å². The fourth-order valence-corrected chi connectivity index (χ4v) is 8.74. The second-order valence-electron chi connectivity index (χ2n) is 14.4. The fourth-order valence-electron chi connectivity index (χ4n) is 7.69. The number of hydrogen-bond donors (Lipinski definition) is 3. The molecule has 2 aromatic carbocycles. The molecule has 3 aromatic rings. The Hall–Kier alpha value is -3.52. The predicted molar refractivity (Wildman–Crippen MR) is 197 cm³/mol. The third kappa shape index (κ3) is 9.48. The summed E-state index contributed by atoms with van der Waals surface area (Å²) in [5.74, 6) is 1.44. The van der Waals surface area contributed by atoms with E-state index in [-0.39, 0.29) is 23.2 Å². The van der Waals surface area contributed by atoms with Crippen molar-refractivity contribution in [1.29, 1.82) is 0 Å². The molecule has 0 aliphatic carbocycles. The lowest BCUT2D eigenvalue weighted by Crippen LogP contribution is -2.47. The molecule has 1 unspecified atom stereocenters. The van der Waals surface area contributed by atoms with Crippen molar-refractivity contribution in [3.63, 3.8) is 0 Å². The van der Waals surface area contributed by atoms with Crippen LogP contribution in [0.1, 0.15) is 68.7 Å². The number of benzene rings is 2. The molecule has 4 aliphatic rings. The van der Waals surface area contributed by atoms with Crippen LogP contribution in [0.3, 0.4) is 0 Å². The van der Waals surface area contributed by atoms with Crippen LogP contribution in [-0.2, 0) is 20.1 Å². The maximum atomic E-state index is 15.0. The summed E-state index contributed by atoms with van der Waals surface area (Å²) < 4.78 is 26.5. The molecular formula is C38H49FN6O5S. The highest BCUT2D eigenvalue weighted by molar-refractivity contribution is 7.99. The van der Waals surface area contributed by atoms with Crippen LogP contribution in [0.5, 0.6) is 5.75 Å². The van der Waals surface area contributed by atoms with E-state index in [1.54, 1.807) is 17.8 Å². The molecule has 11 nitrogen and oxygen atoms in total. The number of nitrogens with one attached hydrogen (secondary N) is 3. The van der Waals surface area contributed by atoms with Crippen LogP contribution in [0.4, 0.5) is 10.1 Å². The molecule has 274 valence electrons. The van der Waals surface area contributed by atoms with E-state index in [9.17, 15) is 18.8 Å². The number of amides is 2. The van der Waals surface area contributed by atoms with Crippen molar-refractivity contribution in [2.75, 3.05) is 64.4 Å². The van der Waals surface area contributed by atoms with Crippen LogP contribution in [-0.4, -0.2) is 102 Å². The molecule has 7 rings (SSSR count). The second-order valence-corrected chi connectivity index (χ2v) is 15.7. The van der Waals surface area contributed by atoms with Gasteiger partial charge in [0.1, 0.15) is 28.8 Å². The third-order valence-corrected chi connectivity index (χ3v) is 12.3. The van der Waals surface area contributed by atoms with Gasteiger partial charge in [-0.3, -0.25) is 19.7 Å². The summed E-state index contributed by atoms with van der Waals surface area (Å²) in [6, 6.07) is 11.1. The highest BCUT2D eigenvalue weighted by atomic mass is 32.2. The number of rotatable bonds is 12. The van der Waals surface area contributed by atoms with Gasteiger partial charge >= 0.3 is 0 Å². The van der Waals surface area contributed by atoms with Crippen molar-refractivity contribution in [3.05, 3.63) is 64.0 Å². The summed E-state index contributed by atoms with van der Waals surface area (Å²) in [4.78, 5) is 48.7. The lowest BCUT2D eigenvalue weighted by atomic mass is 9.89. The van der Waals surface area contributed by atoms with Crippen molar-refractivity contribution in [1.82, 2.24) is 25.1 Å². The summed E-state index contributed by atoms with van der Waals surface area (Å²) >= 11 is 1.76. The van der Waals surface area contributed by atoms with Gasteiger partial charge < -0.3 is 29.6 Å². The van der Waals surface area contributed by atoms with E-state index in [0.29, 0.717) is 59.4 Å². The van der Waals surface area contributed by atoms with E-state index in [1.807, 2.05) is 12.1 Å². The second kappa shape index (κ2) is 16.9. The van der Waals surface area contributed by atoms with Gasteiger partial charge in [0.25, 0.3) is 5.56 Å². The van der Waals surface area contributed by atoms with Gasteiger partial charge in [-0.1, -0.05) is 12.1 Å². The molecule has 1 aromatic heterocycles. The molecule has 13 heteroatoms. The van der Waals surface area contributed by atoms with Crippen LogP contribution in [0.2, 0.25) is 0 Å². The Kier molecular flexibility index (Phi) is 11.9. The minimum atomic E-state index is -0.601. The molecule has 0 spiro atoms. The monoisotopic (exact) mass is 720 g/mol. The smallest absolute Gasteiger partial charge is 0.261 e. The lowest BCUT2D eigenvalue weighted by molar-refractivity contribution is -0.133. The number of ether oxygens (including phenoxy) is 2. The highest BCUT2D eigenvalue weighted by Crippen LogP contribution is 2.30. The van der Waals surface area contributed by atoms with Crippen molar-refractivity contribution >= 4 is 40.2 Å². The Labute approximate surface area is 302 Å². The van der Waals surface area contributed by atoms with Gasteiger partial charge in [-0.05, 0) is 101 Å². The van der Waals surface area contributed by atoms with Gasteiger partial charge in [0.2, 0.25) is 11.8 Å². The molecular weight excluding hydrogens is 672 g/mol. The summed E-state index contributed by atoms with van der Waals surface area (Å²) in [7, 11) is 0. The van der Waals surface area contributed by atoms with Gasteiger partial charge in [-0.25, -0.2) is 9.37 Å². The van der Waals surface area contributed by atoms with E-state index < -0.39 is 11.4 Å². The van der Waals surface area contributed by atoms with Crippen molar-refractivity contribution in [2.45, 2.75) is 74.3 Å². The maximum absolute atomic E-state index is 15.0. The van der Waals surface area contributed by atoms with Crippen molar-refractivity contribution in [2.24, 2.45) is 5.92 Å². The molecule has 4 fully saturated rings. The zero-order valence-corrected chi connectivity index (χ0v) is 30.0. The number of carbonyl (C=O) groups is 2. The number of nitrogens with zero attached hydrogens (tertiary/aromatic N) is 3. The molecule has 4 aliphatic heterocycles. The Balaban J connectivity index is 0.810. The predicted octanol–water partition coefficient (Wildman–Crippen LogP) is 4.66. The first-order chi connectivity index (χ1) is 24.9. The topological polar surface area (TPSA) is 129 Å². The van der Waals surface area contributed by atoms with E-state index in [1.165, 1.54) is 11.6 Å². The zero-order chi connectivity index (χ0) is 35.2. The van der Waals surface area contributed by atoms with E-state index in [0.717, 1.165) is 96.7 Å². The van der Waals surface area contributed by atoms with E-state index >= 15 is 0 Å². The normalized spacial score (nSPS) is 21.9. The number of likely N-dealkylation sites (tertiary alicyclic amines) is 2. The first-order valence-electron chi connectivity index (χ1n) is 18.6. The average Bonchev–Trinajstić information content (AvgIpc) is 3.14. The Morgan fingerprint density at radius 2 is 1.63 bits per heavy atom. The Morgan fingerprint density at radius 3 is 2.33 bits per heavy atom. The maximum Gasteiger partial charge on any atom is 0.261 e. The van der Waals surface area contributed by atoms with Crippen molar-refractivity contribution < 1.29 is 23.5 Å². The van der Waals surface area contributed by atoms with Crippen LogP contribution < -0.4 is 20.9 Å². The number of anilines is 1. The van der Waals surface area contributed by atoms with E-state index in [4.69, 9.17) is 9.47 Å². The number of thioether (sulfide) groups is 1. The van der Waals surface area contributed by atoms with Crippen molar-refractivity contribution in [3.8, 4) is 5.75 Å². The van der Waals surface area contributed by atoms with Crippen LogP contribution >= 0.6 is 11.8 Å². The third-order valence-electron chi connectivity index (χ3n) is 10.9. The number of halogens is 1. The molecule has 3 N–H and O–H groups in total. The van der Waals surface area contributed by atoms with Crippen LogP contribution in [0, 0.1) is 11.7 Å². The van der Waals surface area contributed by atoms with Crippen LogP contribution in [0.15, 0.2) is 41.2 Å². The summed E-state index contributed by atoms with van der Waals surface area (Å²) in [6.07, 6.45) is 7.21. The molecule has 5 heterocycles. The Morgan fingerprint density at radius 1 is 0.922 bits per heavy atom. The number of aromatic nitrogens is 2. The largest absolute Gasteiger partial charge is 0.493 e. The molecule has 0 radical (unpaired) electrons. The first-order valence-corrected chi connectivity index (χ1v) is 19.6. The number of imide groups is 1. The summed E-state index contributed by atoms with van der Waals surface area (Å²) in [6.45, 7) is 8.41. The molecule has 4 saturated heterocycles. The zero-order valence-electron chi connectivity index (χ0n) is 29.2. The minimum absolute atomic E-state index is 0.0186. The number of hydrogen-bond acceptors (Lipinski definition) is 10. The number of piperidine rings is 3. The lowest BCUT2D eigenvalue weighted by Gasteiger charge is -2.36. The quantitative estimate of drug-likeness (QED) is 0.227. The molecule has 2 amide bonds. The standard InChI is InChI=1S/C38H49FN6O5S/c39-31-21-29(22-33-36(31)38(48)42-34(41-33)24-51-30-11-19-49-20-12-30)50-23-25-7-13-44(14-8-25)17-18-45-15-9-27(10-16-45)26-1-3-28(4-2-26)40-32-5-6-35(46)43-37(32)47/h1-4,21-22,25,27,30,32,40H,5-20,23-24H2,(H,41,42,48)(H,43,46,47). The van der Waals surface area contributed by atoms with Gasteiger partial charge in [-0.15, -0.1) is 0 Å². The first kappa shape index (κ1) is 35.9. The molecule has 1 atom stereocenters. The molecule has 0 bridgehead atoms. The minimum Gasteiger partial charge on any atom is -0.493 e. The van der Waals surface area contributed by atoms with Gasteiger partial charge in [0.05, 0.1) is 17.9 Å².